The van der Waals surface area contributed by atoms with Gasteiger partial charge in [-0.1, -0.05) is 12.1 Å². The van der Waals surface area contributed by atoms with E-state index in [4.69, 9.17) is 4.74 Å². The van der Waals surface area contributed by atoms with Crippen molar-refractivity contribution in [1.82, 2.24) is 29.3 Å². The highest BCUT2D eigenvalue weighted by Gasteiger charge is 2.20. The fourth-order valence-electron chi connectivity index (χ4n) is 3.28. The number of hydrogen-bond donors (Lipinski definition) is 1. The molecule has 9 nitrogen and oxygen atoms in total. The maximum atomic E-state index is 13.2. The van der Waals surface area contributed by atoms with Crippen LogP contribution in [0.1, 0.15) is 31.2 Å². The predicted octanol–water partition coefficient (Wildman–Crippen LogP) is 3.30. The zero-order valence-electron chi connectivity index (χ0n) is 18.7. The minimum atomic E-state index is -1.17. The van der Waals surface area contributed by atoms with Gasteiger partial charge in [-0.25, -0.2) is 9.97 Å². The van der Waals surface area contributed by atoms with Gasteiger partial charge in [0.15, 0.2) is 5.82 Å². The highest BCUT2D eigenvalue weighted by Crippen LogP contribution is 2.25. The fraction of sp³-hybridized carbons (Fsp3) is 0.261. The molecule has 4 rings (SSSR count). The van der Waals surface area contributed by atoms with E-state index in [2.05, 4.69) is 36.0 Å². The lowest BCUT2D eigenvalue weighted by Crippen LogP contribution is -2.24. The highest BCUT2D eigenvalue weighted by molar-refractivity contribution is 9.10. The van der Waals surface area contributed by atoms with Crippen LogP contribution >= 0.6 is 15.9 Å². The van der Waals surface area contributed by atoms with Crippen LogP contribution in [0, 0.1) is 6.92 Å². The summed E-state index contributed by atoms with van der Waals surface area (Å²) in [5.41, 5.74) is 1.31. The van der Waals surface area contributed by atoms with Crippen LogP contribution in [0.2, 0.25) is 0 Å². The normalized spacial score (nSPS) is 11.6. The Labute approximate surface area is 198 Å². The third kappa shape index (κ3) is 4.86. The lowest BCUT2D eigenvalue weighted by atomic mass is 10.1. The van der Waals surface area contributed by atoms with Gasteiger partial charge in [-0.2, -0.15) is 10.1 Å². The topological polar surface area (TPSA) is 108 Å². The van der Waals surface area contributed by atoms with Gasteiger partial charge >= 0.3 is 0 Å². The average Bonchev–Trinajstić information content (AvgIpc) is 3.20. The maximum Gasteiger partial charge on any atom is 0.276 e. The van der Waals surface area contributed by atoms with E-state index in [1.165, 1.54) is 4.57 Å². The number of aliphatic hydroxyl groups is 1. The van der Waals surface area contributed by atoms with Crippen molar-refractivity contribution in [3.63, 3.8) is 0 Å². The van der Waals surface area contributed by atoms with E-state index in [-0.39, 0.29) is 22.5 Å². The van der Waals surface area contributed by atoms with Crippen molar-refractivity contribution in [1.29, 1.82) is 0 Å². The summed E-state index contributed by atoms with van der Waals surface area (Å²) in [6.07, 6.45) is 3.42. The van der Waals surface area contributed by atoms with Gasteiger partial charge in [-0.15, -0.1) is 0 Å². The second-order valence-corrected chi connectivity index (χ2v) is 8.86. The molecule has 0 spiro atoms. The molecule has 0 unspecified atom stereocenters. The van der Waals surface area contributed by atoms with Gasteiger partial charge in [-0.3, -0.25) is 14.0 Å². The largest absolute Gasteiger partial charge is 0.470 e. The molecular weight excluding hydrogens is 488 g/mol. The zero-order valence-corrected chi connectivity index (χ0v) is 20.2. The average molecular weight is 511 g/mol. The molecule has 170 valence electrons. The molecule has 3 aromatic heterocycles. The van der Waals surface area contributed by atoms with Crippen LogP contribution in [-0.4, -0.2) is 34.4 Å². The summed E-state index contributed by atoms with van der Waals surface area (Å²) in [6.45, 7) is 5.20. The molecule has 0 aliphatic carbocycles. The van der Waals surface area contributed by atoms with E-state index in [0.717, 1.165) is 11.3 Å². The van der Waals surface area contributed by atoms with Gasteiger partial charge in [0.05, 0.1) is 17.1 Å². The SMILES string of the molecule is Cc1nc(OCc2ccn(C)n2)c(Br)c(=O)n1-c1cccc(-c2ccnc(C(C)(C)O)n2)c1. The minimum absolute atomic E-state index is 0.196. The van der Waals surface area contributed by atoms with Crippen LogP contribution in [0.25, 0.3) is 16.9 Å². The Bertz CT molecular complexity index is 1370. The third-order valence-corrected chi connectivity index (χ3v) is 5.57. The molecule has 3 heterocycles. The number of ether oxygens (including phenoxy) is 1. The van der Waals surface area contributed by atoms with Crippen LogP contribution in [0.5, 0.6) is 5.88 Å². The fourth-order valence-corrected chi connectivity index (χ4v) is 3.66. The lowest BCUT2D eigenvalue weighted by molar-refractivity contribution is 0.0688. The second kappa shape index (κ2) is 8.87. The van der Waals surface area contributed by atoms with Crippen LogP contribution in [-0.2, 0) is 19.3 Å². The number of aromatic nitrogens is 6. The smallest absolute Gasteiger partial charge is 0.276 e. The van der Waals surface area contributed by atoms with E-state index in [9.17, 15) is 9.90 Å². The van der Waals surface area contributed by atoms with Crippen LogP contribution in [0.3, 0.4) is 0 Å². The number of hydrogen-bond acceptors (Lipinski definition) is 7. The Kier molecular flexibility index (Phi) is 6.13. The van der Waals surface area contributed by atoms with E-state index in [1.807, 2.05) is 43.6 Å². The van der Waals surface area contributed by atoms with Crippen molar-refractivity contribution in [2.75, 3.05) is 0 Å². The van der Waals surface area contributed by atoms with Gasteiger partial charge in [0.1, 0.15) is 22.5 Å². The molecule has 0 saturated heterocycles. The Hall–Kier alpha value is -3.37. The minimum Gasteiger partial charge on any atom is -0.470 e. The summed E-state index contributed by atoms with van der Waals surface area (Å²) in [5, 5.41) is 14.5. The number of rotatable bonds is 6. The number of benzene rings is 1. The summed E-state index contributed by atoms with van der Waals surface area (Å²) in [7, 11) is 1.82. The molecule has 4 aromatic rings. The standard InChI is InChI=1S/C23H23BrN6O3/c1-14-26-20(33-13-16-9-11-29(4)28-16)19(24)21(31)30(14)17-7-5-6-15(12-17)18-8-10-25-22(27-18)23(2,3)32/h5-12,32H,13H2,1-4H3. The van der Waals surface area contributed by atoms with Crippen LogP contribution in [0.4, 0.5) is 0 Å². The molecule has 0 radical (unpaired) electrons. The molecule has 0 fully saturated rings. The van der Waals surface area contributed by atoms with Crippen molar-refractivity contribution < 1.29 is 9.84 Å². The van der Waals surface area contributed by atoms with E-state index >= 15 is 0 Å². The van der Waals surface area contributed by atoms with Crippen molar-refractivity contribution in [3.05, 3.63) is 81.0 Å². The van der Waals surface area contributed by atoms with Crippen molar-refractivity contribution in [3.8, 4) is 22.8 Å². The summed E-state index contributed by atoms with van der Waals surface area (Å²) in [6, 6.07) is 11.0. The molecular formula is C23H23BrN6O3. The summed E-state index contributed by atoms with van der Waals surface area (Å²) < 4.78 is 9.14. The highest BCUT2D eigenvalue weighted by atomic mass is 79.9. The second-order valence-electron chi connectivity index (χ2n) is 8.06. The third-order valence-electron chi connectivity index (χ3n) is 4.89. The summed E-state index contributed by atoms with van der Waals surface area (Å²) in [5.74, 6) is 0.995. The Balaban J connectivity index is 1.69. The van der Waals surface area contributed by atoms with Crippen molar-refractivity contribution >= 4 is 15.9 Å². The Morgan fingerprint density at radius 1 is 1.18 bits per heavy atom. The quantitative estimate of drug-likeness (QED) is 0.423. The first-order valence-electron chi connectivity index (χ1n) is 10.2. The lowest BCUT2D eigenvalue weighted by Gasteiger charge is -2.16. The molecule has 0 amide bonds. The molecule has 1 N–H and O–H groups in total. The predicted molar refractivity (Wildman–Crippen MR) is 126 cm³/mol. The first-order valence-corrected chi connectivity index (χ1v) is 11.0. The Morgan fingerprint density at radius 3 is 2.67 bits per heavy atom. The molecule has 0 aliphatic heterocycles. The van der Waals surface area contributed by atoms with Crippen molar-refractivity contribution in [2.45, 2.75) is 33.0 Å². The van der Waals surface area contributed by atoms with Crippen LogP contribution < -0.4 is 10.3 Å². The number of aryl methyl sites for hydroxylation is 2. The van der Waals surface area contributed by atoms with Gasteiger partial charge in [0, 0.05) is 25.0 Å². The number of nitrogens with zero attached hydrogens (tertiary/aromatic N) is 6. The van der Waals surface area contributed by atoms with E-state index in [1.54, 1.807) is 37.7 Å². The van der Waals surface area contributed by atoms with Crippen LogP contribution in [0.15, 0.2) is 58.1 Å². The number of halogens is 1. The van der Waals surface area contributed by atoms with E-state index in [0.29, 0.717) is 23.0 Å². The summed E-state index contributed by atoms with van der Waals surface area (Å²) >= 11 is 3.34. The van der Waals surface area contributed by atoms with Crippen molar-refractivity contribution in [2.24, 2.45) is 7.05 Å². The van der Waals surface area contributed by atoms with Gasteiger partial charge in [0.25, 0.3) is 5.56 Å². The van der Waals surface area contributed by atoms with Gasteiger partial charge < -0.3 is 9.84 Å². The molecule has 0 saturated carbocycles. The Morgan fingerprint density at radius 2 is 1.97 bits per heavy atom. The molecule has 0 aliphatic rings. The van der Waals surface area contributed by atoms with Gasteiger partial charge in [-0.05, 0) is 61.0 Å². The molecule has 1 aromatic carbocycles. The maximum absolute atomic E-state index is 13.2. The van der Waals surface area contributed by atoms with Gasteiger partial charge in [0.2, 0.25) is 5.88 Å². The monoisotopic (exact) mass is 510 g/mol. The first-order chi connectivity index (χ1) is 15.6. The molecule has 0 bridgehead atoms. The zero-order chi connectivity index (χ0) is 23.8. The molecule has 0 atom stereocenters. The molecule has 10 heteroatoms. The molecule has 33 heavy (non-hydrogen) atoms. The van der Waals surface area contributed by atoms with E-state index < -0.39 is 5.60 Å². The first kappa shape index (κ1) is 22.8. The summed E-state index contributed by atoms with van der Waals surface area (Å²) in [4.78, 5) is 26.3.